The molecule has 0 atom stereocenters. The lowest BCUT2D eigenvalue weighted by atomic mass is 11.0. The summed E-state index contributed by atoms with van der Waals surface area (Å²) in [5.74, 6) is 0. The van der Waals surface area contributed by atoms with Crippen LogP contribution < -0.4 is 9.05 Å². The maximum atomic E-state index is 11.2. The molecule has 0 aliphatic carbocycles. The standard InChI is InChI=1S/C6H4N2O3PS2/c9-12(10-5-7-1-3-13-5)11-6-8-2-4-14-6/h1-4H/q+1. The SMILES string of the molecule is O=[P+](Oc1nccs1)Oc1nccs1. The average molecular weight is 247 g/mol. The molecule has 0 spiro atoms. The van der Waals surface area contributed by atoms with E-state index in [0.29, 0.717) is 10.4 Å². The zero-order valence-corrected chi connectivity index (χ0v) is 9.22. The van der Waals surface area contributed by atoms with Gasteiger partial charge in [-0.15, -0.1) is 0 Å². The van der Waals surface area contributed by atoms with Crippen LogP contribution in [0.4, 0.5) is 0 Å². The molecule has 0 amide bonds. The topological polar surface area (TPSA) is 61.3 Å². The van der Waals surface area contributed by atoms with Gasteiger partial charge in [0.1, 0.15) is 0 Å². The van der Waals surface area contributed by atoms with Crippen molar-refractivity contribution >= 4 is 30.9 Å². The van der Waals surface area contributed by atoms with Crippen molar-refractivity contribution in [1.82, 2.24) is 9.97 Å². The average Bonchev–Trinajstić information content (AvgIpc) is 2.76. The number of thiazole rings is 2. The molecule has 2 rings (SSSR count). The first-order chi connectivity index (χ1) is 6.84. The van der Waals surface area contributed by atoms with E-state index in [-0.39, 0.29) is 0 Å². The minimum Gasteiger partial charge on any atom is -0.207 e. The Morgan fingerprint density at radius 3 is 1.93 bits per heavy atom. The highest BCUT2D eigenvalue weighted by Gasteiger charge is 2.26. The molecule has 0 radical (unpaired) electrons. The van der Waals surface area contributed by atoms with Crippen LogP contribution in [0.2, 0.25) is 0 Å². The highest BCUT2D eigenvalue weighted by molar-refractivity contribution is 7.35. The van der Waals surface area contributed by atoms with Crippen LogP contribution in [-0.4, -0.2) is 9.97 Å². The monoisotopic (exact) mass is 247 g/mol. The molecule has 0 unspecified atom stereocenters. The van der Waals surface area contributed by atoms with E-state index in [0.717, 1.165) is 0 Å². The fourth-order valence-corrected chi connectivity index (χ4v) is 2.47. The van der Waals surface area contributed by atoms with Gasteiger partial charge in [0.05, 0.1) is 0 Å². The molecule has 5 nitrogen and oxygen atoms in total. The summed E-state index contributed by atoms with van der Waals surface area (Å²) < 4.78 is 21.0. The highest BCUT2D eigenvalue weighted by atomic mass is 32.1. The van der Waals surface area contributed by atoms with E-state index in [9.17, 15) is 4.57 Å². The minimum atomic E-state index is -2.24. The van der Waals surface area contributed by atoms with E-state index in [1.54, 1.807) is 23.2 Å². The van der Waals surface area contributed by atoms with Gasteiger partial charge in [0, 0.05) is 27.7 Å². The summed E-state index contributed by atoms with van der Waals surface area (Å²) in [6.45, 7) is 0. The normalized spacial score (nSPS) is 9.71. The second-order valence-corrected chi connectivity index (χ2v) is 4.53. The largest absolute Gasteiger partial charge is 0.810 e. The molecule has 0 saturated carbocycles. The minimum absolute atomic E-state index is 0.322. The summed E-state index contributed by atoms with van der Waals surface area (Å²) in [5.41, 5.74) is 0. The van der Waals surface area contributed by atoms with Crippen molar-refractivity contribution in [3.8, 4) is 10.4 Å². The van der Waals surface area contributed by atoms with Gasteiger partial charge >= 0.3 is 18.6 Å². The summed E-state index contributed by atoms with van der Waals surface area (Å²) in [5, 5.41) is 4.09. The van der Waals surface area contributed by atoms with Gasteiger partial charge < -0.3 is 0 Å². The maximum absolute atomic E-state index is 11.2. The van der Waals surface area contributed by atoms with Crippen molar-refractivity contribution in [2.45, 2.75) is 0 Å². The molecule has 0 saturated heterocycles. The molecule has 14 heavy (non-hydrogen) atoms. The van der Waals surface area contributed by atoms with Crippen LogP contribution in [0.15, 0.2) is 23.2 Å². The van der Waals surface area contributed by atoms with Crippen LogP contribution in [-0.2, 0) is 4.57 Å². The lowest BCUT2D eigenvalue weighted by Gasteiger charge is -1.83. The van der Waals surface area contributed by atoms with Crippen LogP contribution in [0, 0.1) is 0 Å². The van der Waals surface area contributed by atoms with E-state index in [1.165, 1.54) is 22.7 Å². The Morgan fingerprint density at radius 1 is 1.07 bits per heavy atom. The fourth-order valence-electron chi connectivity index (χ4n) is 0.657. The molecule has 0 fully saturated rings. The van der Waals surface area contributed by atoms with Gasteiger partial charge in [-0.05, 0) is 0 Å². The molecule has 0 aliphatic rings. The predicted molar refractivity (Wildman–Crippen MR) is 53.1 cm³/mol. The molecule has 2 heterocycles. The second-order valence-electron chi connectivity index (χ2n) is 2.00. The lowest BCUT2D eigenvalue weighted by Crippen LogP contribution is -1.87. The Kier molecular flexibility index (Phi) is 3.03. The molecular formula is C6H4N2O3PS2+. The third-order valence-electron chi connectivity index (χ3n) is 1.12. The summed E-state index contributed by atoms with van der Waals surface area (Å²) in [6.07, 6.45) is 3.12. The van der Waals surface area contributed by atoms with Crippen LogP contribution in [0.3, 0.4) is 0 Å². The summed E-state index contributed by atoms with van der Waals surface area (Å²) >= 11 is 2.50. The van der Waals surface area contributed by atoms with Gasteiger partial charge in [-0.1, -0.05) is 22.7 Å². The van der Waals surface area contributed by atoms with Gasteiger partial charge in [-0.3, -0.25) is 0 Å². The van der Waals surface area contributed by atoms with Gasteiger partial charge in [-0.2, -0.15) is 9.05 Å². The molecule has 72 valence electrons. The summed E-state index contributed by atoms with van der Waals surface area (Å²) in [7, 11) is -2.24. The van der Waals surface area contributed by atoms with E-state index in [1.807, 2.05) is 0 Å². The quantitative estimate of drug-likeness (QED) is 0.777. The van der Waals surface area contributed by atoms with Crippen molar-refractivity contribution < 1.29 is 13.6 Å². The number of rotatable bonds is 4. The van der Waals surface area contributed by atoms with E-state index >= 15 is 0 Å². The van der Waals surface area contributed by atoms with E-state index in [2.05, 4.69) is 9.97 Å². The number of aromatic nitrogens is 2. The molecule has 2 aromatic heterocycles. The Hall–Kier alpha value is -1.04. The predicted octanol–water partition coefficient (Wildman–Crippen LogP) is 2.71. The van der Waals surface area contributed by atoms with Gasteiger partial charge in [0.2, 0.25) is 0 Å². The first-order valence-electron chi connectivity index (χ1n) is 3.47. The smallest absolute Gasteiger partial charge is 0.207 e. The van der Waals surface area contributed by atoms with Crippen LogP contribution in [0.5, 0.6) is 10.4 Å². The van der Waals surface area contributed by atoms with Crippen LogP contribution in [0.1, 0.15) is 0 Å². The zero-order valence-electron chi connectivity index (χ0n) is 6.69. The maximum Gasteiger partial charge on any atom is 0.810 e. The third-order valence-corrected chi connectivity index (χ3v) is 3.31. The third kappa shape index (κ3) is 2.47. The Labute approximate surface area is 88.3 Å². The molecular weight excluding hydrogens is 243 g/mol. The fraction of sp³-hybridized carbons (Fsp3) is 0. The van der Waals surface area contributed by atoms with Crippen molar-refractivity contribution in [1.29, 1.82) is 0 Å². The molecule has 0 N–H and O–H groups in total. The van der Waals surface area contributed by atoms with Crippen molar-refractivity contribution in [3.05, 3.63) is 23.2 Å². The van der Waals surface area contributed by atoms with Crippen molar-refractivity contribution in [2.24, 2.45) is 0 Å². The number of hydrogen-bond acceptors (Lipinski definition) is 7. The molecule has 8 heteroatoms. The summed E-state index contributed by atoms with van der Waals surface area (Å²) in [6, 6.07) is 0. The first-order valence-corrected chi connectivity index (χ1v) is 6.32. The van der Waals surface area contributed by atoms with Gasteiger partial charge in [0.25, 0.3) is 0 Å². The molecule has 0 aliphatic heterocycles. The van der Waals surface area contributed by atoms with Gasteiger partial charge in [0.15, 0.2) is 0 Å². The van der Waals surface area contributed by atoms with E-state index < -0.39 is 8.25 Å². The Bertz CT molecular complexity index is 364. The highest BCUT2D eigenvalue weighted by Crippen LogP contribution is 2.32. The summed E-state index contributed by atoms with van der Waals surface area (Å²) in [4.78, 5) is 7.60. The van der Waals surface area contributed by atoms with Crippen LogP contribution >= 0.6 is 30.9 Å². The number of nitrogens with zero attached hydrogens (tertiary/aromatic N) is 2. The van der Waals surface area contributed by atoms with Crippen LogP contribution in [0.25, 0.3) is 0 Å². The van der Waals surface area contributed by atoms with Crippen molar-refractivity contribution in [2.75, 3.05) is 0 Å². The number of hydrogen-bond donors (Lipinski definition) is 0. The Morgan fingerprint density at radius 2 is 1.57 bits per heavy atom. The first kappa shape index (κ1) is 9.51. The second kappa shape index (κ2) is 4.45. The zero-order chi connectivity index (χ0) is 9.80. The molecule has 0 bridgehead atoms. The molecule has 2 aromatic rings. The van der Waals surface area contributed by atoms with Gasteiger partial charge in [-0.25, -0.2) is 9.97 Å². The van der Waals surface area contributed by atoms with Crippen molar-refractivity contribution in [3.63, 3.8) is 0 Å². The van der Waals surface area contributed by atoms with E-state index in [4.69, 9.17) is 9.05 Å². The Balaban J connectivity index is 1.91. The molecule has 0 aromatic carbocycles. The lowest BCUT2D eigenvalue weighted by molar-refractivity contribution is 0.413.